The van der Waals surface area contributed by atoms with E-state index in [0.29, 0.717) is 5.56 Å². The molecule has 1 aromatic heterocycles. The molecule has 2 atom stereocenters. The second kappa shape index (κ2) is 5.29. The normalized spacial score (nSPS) is 19.4. The van der Waals surface area contributed by atoms with Gasteiger partial charge in [0.05, 0.1) is 6.10 Å². The highest BCUT2D eigenvalue weighted by Gasteiger charge is 2.29. The zero-order chi connectivity index (χ0) is 14.1. The fraction of sp³-hybridized carbons (Fsp3) is 0.312. The third-order valence-corrected chi connectivity index (χ3v) is 3.90. The van der Waals surface area contributed by atoms with Crippen LogP contribution in [-0.2, 0) is 6.42 Å². The quantitative estimate of drug-likeness (QED) is 0.909. The van der Waals surface area contributed by atoms with Gasteiger partial charge in [-0.05, 0) is 48.6 Å². The van der Waals surface area contributed by atoms with Crippen LogP contribution in [0.15, 0.2) is 36.5 Å². The summed E-state index contributed by atoms with van der Waals surface area (Å²) in [6, 6.07) is 7.44. The van der Waals surface area contributed by atoms with Crippen molar-refractivity contribution in [3.05, 3.63) is 65.0 Å². The van der Waals surface area contributed by atoms with Crippen LogP contribution >= 0.6 is 0 Å². The van der Waals surface area contributed by atoms with Crippen LogP contribution in [0.25, 0.3) is 0 Å². The summed E-state index contributed by atoms with van der Waals surface area (Å²) in [5.41, 5.74) is 2.40. The van der Waals surface area contributed by atoms with E-state index in [0.717, 1.165) is 42.7 Å². The zero-order valence-electron chi connectivity index (χ0n) is 10.9. The Labute approximate surface area is 116 Å². The van der Waals surface area contributed by atoms with E-state index in [-0.39, 0.29) is 5.92 Å². The van der Waals surface area contributed by atoms with E-state index in [2.05, 4.69) is 4.98 Å². The maximum absolute atomic E-state index is 13.3. The Morgan fingerprint density at radius 3 is 2.85 bits per heavy atom. The van der Waals surface area contributed by atoms with Crippen molar-refractivity contribution < 1.29 is 13.9 Å². The first-order valence-corrected chi connectivity index (χ1v) is 6.73. The third kappa shape index (κ3) is 2.31. The molecule has 3 rings (SSSR count). The number of aliphatic hydroxyl groups excluding tert-OH is 1. The summed E-state index contributed by atoms with van der Waals surface area (Å²) in [6.07, 6.45) is 3.55. The molecule has 4 heteroatoms. The van der Waals surface area contributed by atoms with E-state index in [4.69, 9.17) is 0 Å². The number of halogens is 2. The largest absolute Gasteiger partial charge is 0.388 e. The van der Waals surface area contributed by atoms with Gasteiger partial charge in [-0.15, -0.1) is 0 Å². The monoisotopic (exact) mass is 275 g/mol. The number of nitrogens with zero attached hydrogens (tertiary/aromatic N) is 1. The SMILES string of the molecule is OC(c1ccc(F)c(F)c1)C1CCCc2cccnc21. The predicted molar refractivity (Wildman–Crippen MR) is 71.2 cm³/mol. The number of fused-ring (bicyclic) bond motifs is 1. The Balaban J connectivity index is 1.95. The van der Waals surface area contributed by atoms with Crippen molar-refractivity contribution >= 4 is 0 Å². The Hall–Kier alpha value is -1.81. The molecule has 2 nitrogen and oxygen atoms in total. The van der Waals surface area contributed by atoms with Crippen molar-refractivity contribution in [3.63, 3.8) is 0 Å². The molecule has 1 N–H and O–H groups in total. The van der Waals surface area contributed by atoms with Crippen molar-refractivity contribution in [2.24, 2.45) is 0 Å². The molecule has 0 fully saturated rings. The van der Waals surface area contributed by atoms with Crippen molar-refractivity contribution in [2.75, 3.05) is 0 Å². The summed E-state index contributed by atoms with van der Waals surface area (Å²) in [7, 11) is 0. The van der Waals surface area contributed by atoms with Crippen LogP contribution in [0.4, 0.5) is 8.78 Å². The molecule has 1 heterocycles. The van der Waals surface area contributed by atoms with Gasteiger partial charge >= 0.3 is 0 Å². The third-order valence-electron chi connectivity index (χ3n) is 3.90. The molecule has 0 aliphatic heterocycles. The average Bonchev–Trinajstić information content (AvgIpc) is 2.49. The van der Waals surface area contributed by atoms with Crippen LogP contribution < -0.4 is 0 Å². The number of aliphatic hydroxyl groups is 1. The lowest BCUT2D eigenvalue weighted by Crippen LogP contribution is -2.18. The molecule has 0 saturated carbocycles. The lowest BCUT2D eigenvalue weighted by atomic mass is 9.81. The van der Waals surface area contributed by atoms with Gasteiger partial charge in [-0.25, -0.2) is 8.78 Å². The first-order chi connectivity index (χ1) is 9.66. The molecule has 1 aliphatic rings. The summed E-state index contributed by atoms with van der Waals surface area (Å²) < 4.78 is 26.3. The van der Waals surface area contributed by atoms with Crippen molar-refractivity contribution in [1.29, 1.82) is 0 Å². The number of aromatic nitrogens is 1. The highest BCUT2D eigenvalue weighted by atomic mass is 19.2. The fourth-order valence-electron chi connectivity index (χ4n) is 2.88. The van der Waals surface area contributed by atoms with Crippen molar-refractivity contribution in [2.45, 2.75) is 31.3 Å². The maximum Gasteiger partial charge on any atom is 0.159 e. The number of hydrogen-bond acceptors (Lipinski definition) is 2. The molecule has 0 spiro atoms. The molecular weight excluding hydrogens is 260 g/mol. The van der Waals surface area contributed by atoms with Crippen LogP contribution in [0, 0.1) is 11.6 Å². The Morgan fingerprint density at radius 2 is 2.05 bits per heavy atom. The van der Waals surface area contributed by atoms with Crippen LogP contribution in [0.3, 0.4) is 0 Å². The Morgan fingerprint density at radius 1 is 1.20 bits per heavy atom. The van der Waals surface area contributed by atoms with Gasteiger partial charge < -0.3 is 5.11 Å². The standard InChI is InChI=1S/C16H15F2NO/c17-13-7-6-11(9-14(13)18)16(20)12-5-1-3-10-4-2-8-19-15(10)12/h2,4,6-9,12,16,20H,1,3,5H2. The smallest absolute Gasteiger partial charge is 0.159 e. The van der Waals surface area contributed by atoms with Gasteiger partial charge in [0.2, 0.25) is 0 Å². The van der Waals surface area contributed by atoms with E-state index in [1.807, 2.05) is 12.1 Å². The van der Waals surface area contributed by atoms with E-state index >= 15 is 0 Å². The number of rotatable bonds is 2. The van der Waals surface area contributed by atoms with E-state index in [1.54, 1.807) is 6.20 Å². The molecule has 2 aromatic rings. The molecule has 1 aliphatic carbocycles. The molecule has 1 aromatic carbocycles. The average molecular weight is 275 g/mol. The lowest BCUT2D eigenvalue weighted by molar-refractivity contribution is 0.133. The molecule has 0 radical (unpaired) electrons. The van der Waals surface area contributed by atoms with E-state index in [9.17, 15) is 13.9 Å². The summed E-state index contributed by atoms with van der Waals surface area (Å²) >= 11 is 0. The molecule has 0 bridgehead atoms. The van der Waals surface area contributed by atoms with E-state index < -0.39 is 17.7 Å². The molecule has 2 unspecified atom stereocenters. The summed E-state index contributed by atoms with van der Waals surface area (Å²) in [4.78, 5) is 4.36. The first-order valence-electron chi connectivity index (χ1n) is 6.73. The second-order valence-corrected chi connectivity index (χ2v) is 5.16. The molecule has 20 heavy (non-hydrogen) atoms. The van der Waals surface area contributed by atoms with Gasteiger partial charge in [-0.2, -0.15) is 0 Å². The number of aryl methyl sites for hydroxylation is 1. The maximum atomic E-state index is 13.3. The van der Waals surface area contributed by atoms with Crippen molar-refractivity contribution in [3.8, 4) is 0 Å². The minimum Gasteiger partial charge on any atom is -0.388 e. The fourth-order valence-corrected chi connectivity index (χ4v) is 2.88. The summed E-state index contributed by atoms with van der Waals surface area (Å²) in [5.74, 6) is -1.99. The zero-order valence-corrected chi connectivity index (χ0v) is 10.9. The second-order valence-electron chi connectivity index (χ2n) is 5.16. The predicted octanol–water partition coefficient (Wildman–Crippen LogP) is 3.51. The molecular formula is C16H15F2NO. The minimum absolute atomic E-state index is 0.162. The van der Waals surface area contributed by atoms with Gasteiger partial charge in [-0.3, -0.25) is 4.98 Å². The highest BCUT2D eigenvalue weighted by molar-refractivity contribution is 5.30. The Kier molecular flexibility index (Phi) is 3.49. The van der Waals surface area contributed by atoms with Crippen LogP contribution in [-0.4, -0.2) is 10.1 Å². The van der Waals surface area contributed by atoms with Gasteiger partial charge in [0.25, 0.3) is 0 Å². The minimum atomic E-state index is -0.932. The number of benzene rings is 1. The van der Waals surface area contributed by atoms with Gasteiger partial charge in [0, 0.05) is 17.8 Å². The van der Waals surface area contributed by atoms with Crippen molar-refractivity contribution in [1.82, 2.24) is 4.98 Å². The van der Waals surface area contributed by atoms with Crippen LogP contribution in [0.1, 0.15) is 41.7 Å². The highest BCUT2D eigenvalue weighted by Crippen LogP contribution is 2.39. The van der Waals surface area contributed by atoms with Gasteiger partial charge in [0.15, 0.2) is 11.6 Å². The number of pyridine rings is 1. The van der Waals surface area contributed by atoms with Gasteiger partial charge in [-0.1, -0.05) is 12.1 Å². The Bertz CT molecular complexity index is 630. The topological polar surface area (TPSA) is 33.1 Å². The van der Waals surface area contributed by atoms with Crippen LogP contribution in [0.2, 0.25) is 0 Å². The van der Waals surface area contributed by atoms with E-state index in [1.165, 1.54) is 6.07 Å². The molecule has 0 saturated heterocycles. The molecule has 0 amide bonds. The first kappa shape index (κ1) is 13.2. The number of hydrogen-bond donors (Lipinski definition) is 1. The molecule has 104 valence electrons. The van der Waals surface area contributed by atoms with Crippen LogP contribution in [0.5, 0.6) is 0 Å². The van der Waals surface area contributed by atoms with Gasteiger partial charge in [0.1, 0.15) is 0 Å². The summed E-state index contributed by atoms with van der Waals surface area (Å²) in [6.45, 7) is 0. The lowest BCUT2D eigenvalue weighted by Gasteiger charge is -2.28. The summed E-state index contributed by atoms with van der Waals surface area (Å²) in [5, 5.41) is 10.5.